The van der Waals surface area contributed by atoms with Crippen molar-refractivity contribution < 1.29 is 53.8 Å². The molecule has 0 aromatic rings. The first-order valence-corrected chi connectivity index (χ1v) is 26.8. The van der Waals surface area contributed by atoms with E-state index in [1.54, 1.807) is 0 Å². The topological polar surface area (TPSA) is 201 Å². The van der Waals surface area contributed by atoms with Gasteiger partial charge in [0.15, 0.2) is 12.3 Å². The minimum absolute atomic E-state index is 0.160. The Morgan fingerprint density at radius 1 is 0.569 bits per heavy atom. The van der Waals surface area contributed by atoms with Crippen LogP contribution in [0.2, 0.25) is 0 Å². The van der Waals surface area contributed by atoms with E-state index >= 15 is 0 Å². The number of nitrogens with one attached hydrogen (secondary N) is 2. The Morgan fingerprint density at radius 3 is 1.42 bits per heavy atom. The number of rotatable bonds is 44. The zero-order valence-electron chi connectivity index (χ0n) is 41.7. The molecule has 0 aromatic carbocycles. The number of hydrogen-bond donors (Lipinski definition) is 6. The van der Waals surface area contributed by atoms with E-state index in [1.165, 1.54) is 129 Å². The Bertz CT molecular complexity index is 1190. The van der Waals surface area contributed by atoms with Crippen molar-refractivity contribution in [1.82, 2.24) is 10.6 Å². The monoisotopic (exact) mass is 927 g/mol. The number of amides is 2. The molecule has 8 atom stereocenters. The third-order valence-corrected chi connectivity index (χ3v) is 12.9. The highest BCUT2D eigenvalue weighted by atomic mass is 16.7. The highest BCUT2D eigenvalue weighted by molar-refractivity contribution is 5.84. The number of unbranched alkanes of at least 4 members (excludes halogenated alkanes) is 28. The van der Waals surface area contributed by atoms with Gasteiger partial charge in [0.2, 0.25) is 11.8 Å². The van der Waals surface area contributed by atoms with E-state index in [0.717, 1.165) is 70.6 Å². The first-order valence-electron chi connectivity index (χ1n) is 26.8. The lowest BCUT2D eigenvalue weighted by Crippen LogP contribution is -2.66. The third kappa shape index (κ3) is 30.6. The highest BCUT2D eigenvalue weighted by Gasteiger charge is 2.47. The molecule has 1 fully saturated rings. The quantitative estimate of drug-likeness (QED) is 0.0251. The van der Waals surface area contributed by atoms with E-state index in [4.69, 9.17) is 14.2 Å². The fourth-order valence-electron chi connectivity index (χ4n) is 8.73. The van der Waals surface area contributed by atoms with Gasteiger partial charge in [-0.15, -0.1) is 0 Å². The summed E-state index contributed by atoms with van der Waals surface area (Å²) in [5.41, 5.74) is 0. The molecule has 0 unspecified atom stereocenters. The van der Waals surface area contributed by atoms with Gasteiger partial charge in [-0.25, -0.2) is 4.79 Å². The molecule has 65 heavy (non-hydrogen) atoms. The molecule has 0 bridgehead atoms. The number of aliphatic hydroxyl groups excluding tert-OH is 3. The molecule has 1 heterocycles. The number of carboxylic acids is 1. The van der Waals surface area contributed by atoms with E-state index < -0.39 is 73.3 Å². The summed E-state index contributed by atoms with van der Waals surface area (Å²) in [7, 11) is 0. The number of aliphatic hydroxyl groups is 3. The predicted octanol–water partition coefficient (Wildman–Crippen LogP) is 10.5. The molecule has 13 nitrogen and oxygen atoms in total. The second kappa shape index (κ2) is 40.7. The Morgan fingerprint density at radius 2 is 0.985 bits per heavy atom. The largest absolute Gasteiger partial charge is 0.480 e. The molecule has 6 N–H and O–H groups in total. The van der Waals surface area contributed by atoms with Gasteiger partial charge in [0.1, 0.15) is 30.5 Å². The van der Waals surface area contributed by atoms with Crippen LogP contribution in [0.5, 0.6) is 0 Å². The van der Waals surface area contributed by atoms with Crippen molar-refractivity contribution in [3.63, 3.8) is 0 Å². The van der Waals surface area contributed by atoms with Crippen LogP contribution in [0.15, 0.2) is 0 Å². The number of esters is 1. The molecule has 13 heteroatoms. The molecule has 0 radical (unpaired) electrons. The lowest BCUT2D eigenvalue weighted by Gasteiger charge is -2.43. The minimum Gasteiger partial charge on any atom is -0.480 e. The lowest BCUT2D eigenvalue weighted by molar-refractivity contribution is -0.282. The van der Waals surface area contributed by atoms with E-state index in [2.05, 4.69) is 31.4 Å². The van der Waals surface area contributed by atoms with Crippen LogP contribution in [0.3, 0.4) is 0 Å². The van der Waals surface area contributed by atoms with Crippen molar-refractivity contribution in [1.29, 1.82) is 0 Å². The van der Waals surface area contributed by atoms with Crippen molar-refractivity contribution in [3.8, 4) is 0 Å². The number of hydrogen-bond acceptors (Lipinski definition) is 10. The standard InChI is InChI=1S/C52H98N2O11/c1-5-8-11-14-17-20-22-25-28-31-34-37-44(56)53-47(51(61)62)41(4)63-52-48(50(60)49(59)43(40-55)65-52)54-45(57)39-42(36-33-30-27-24-19-16-13-10-7-3)64-46(58)38-35-32-29-26-23-21-18-15-12-9-6-2/h41-43,47-50,52,55,59-60H,5-40H2,1-4H3,(H,53,56)(H,54,57)(H,61,62)/t41-,42+,43+,47-,48+,49+,50+,52+/m0/s1. The normalized spacial score (nSPS) is 20.0. The zero-order chi connectivity index (χ0) is 47.9. The number of carbonyl (C=O) groups is 4. The van der Waals surface area contributed by atoms with Gasteiger partial charge < -0.3 is 45.3 Å². The van der Waals surface area contributed by atoms with Crippen LogP contribution < -0.4 is 10.6 Å². The Labute approximate surface area is 395 Å². The summed E-state index contributed by atoms with van der Waals surface area (Å²) in [6.07, 6.45) is 28.0. The number of carboxylic acid groups (broad SMARTS) is 1. The molecule has 2 amide bonds. The first-order chi connectivity index (χ1) is 31.5. The van der Waals surface area contributed by atoms with E-state index in [0.29, 0.717) is 12.8 Å². The van der Waals surface area contributed by atoms with Gasteiger partial charge in [0.25, 0.3) is 0 Å². The molecular formula is C52H98N2O11. The van der Waals surface area contributed by atoms with Gasteiger partial charge in [-0.3, -0.25) is 14.4 Å². The maximum atomic E-state index is 13.7. The molecule has 0 aliphatic carbocycles. The molecule has 1 aliphatic heterocycles. The molecule has 0 saturated carbocycles. The predicted molar refractivity (Wildman–Crippen MR) is 258 cm³/mol. The summed E-state index contributed by atoms with van der Waals surface area (Å²) >= 11 is 0. The van der Waals surface area contributed by atoms with Gasteiger partial charge in [0, 0.05) is 12.8 Å². The van der Waals surface area contributed by atoms with Crippen LogP contribution in [0, 0.1) is 0 Å². The van der Waals surface area contributed by atoms with Crippen LogP contribution in [-0.2, 0) is 33.4 Å². The van der Waals surface area contributed by atoms with Crippen LogP contribution in [0.25, 0.3) is 0 Å². The summed E-state index contributed by atoms with van der Waals surface area (Å²) in [6.45, 7) is 7.40. The smallest absolute Gasteiger partial charge is 0.328 e. The Hall–Kier alpha value is -2.32. The number of ether oxygens (including phenoxy) is 3. The second-order valence-corrected chi connectivity index (χ2v) is 19.0. The van der Waals surface area contributed by atoms with Crippen LogP contribution in [-0.4, -0.2) is 99.7 Å². The van der Waals surface area contributed by atoms with Crippen molar-refractivity contribution in [3.05, 3.63) is 0 Å². The fraction of sp³-hybridized carbons (Fsp3) is 0.923. The SMILES string of the molecule is CCCCCCCCCCCCCC(=O)N[C@H](C(=O)O)[C@H](C)O[C@@H]1O[C@H](CO)[C@@H](O)[C@H](O)[C@H]1NC(=O)C[C@@H](CCCCCCCCCCC)OC(=O)CCCCCCCCCCCCC. The Kier molecular flexibility index (Phi) is 38.0. The van der Waals surface area contributed by atoms with Gasteiger partial charge in [-0.05, 0) is 32.6 Å². The highest BCUT2D eigenvalue weighted by Crippen LogP contribution is 2.25. The summed E-state index contributed by atoms with van der Waals surface area (Å²) in [6, 6.07) is -2.85. The molecule has 1 rings (SSSR count). The zero-order valence-corrected chi connectivity index (χ0v) is 41.7. The van der Waals surface area contributed by atoms with Gasteiger partial charge in [0.05, 0.1) is 19.1 Å². The van der Waals surface area contributed by atoms with Crippen molar-refractivity contribution in [2.75, 3.05) is 6.61 Å². The van der Waals surface area contributed by atoms with E-state index in [-0.39, 0.29) is 25.2 Å². The number of carbonyl (C=O) groups excluding carboxylic acids is 3. The van der Waals surface area contributed by atoms with Gasteiger partial charge in [-0.2, -0.15) is 0 Å². The van der Waals surface area contributed by atoms with Crippen molar-refractivity contribution >= 4 is 23.8 Å². The summed E-state index contributed by atoms with van der Waals surface area (Å²) in [5.74, 6) is -2.70. The van der Waals surface area contributed by atoms with E-state index in [1.807, 2.05) is 0 Å². The van der Waals surface area contributed by atoms with Crippen LogP contribution >= 0.6 is 0 Å². The molecular weight excluding hydrogens is 829 g/mol. The van der Waals surface area contributed by atoms with Crippen LogP contribution in [0.1, 0.15) is 252 Å². The molecule has 0 aromatic heterocycles. The molecule has 1 saturated heterocycles. The summed E-state index contributed by atoms with van der Waals surface area (Å²) < 4.78 is 17.7. The average Bonchev–Trinajstić information content (AvgIpc) is 3.28. The minimum atomic E-state index is -1.65. The van der Waals surface area contributed by atoms with Crippen molar-refractivity contribution in [2.45, 2.75) is 301 Å². The van der Waals surface area contributed by atoms with Gasteiger partial charge in [-0.1, -0.05) is 201 Å². The maximum absolute atomic E-state index is 13.7. The lowest BCUT2D eigenvalue weighted by atomic mass is 9.96. The number of aliphatic carboxylic acids is 1. The Balaban J connectivity index is 2.82. The second-order valence-electron chi connectivity index (χ2n) is 19.0. The molecule has 0 spiro atoms. The van der Waals surface area contributed by atoms with Crippen LogP contribution in [0.4, 0.5) is 0 Å². The average molecular weight is 927 g/mol. The summed E-state index contributed by atoms with van der Waals surface area (Å²) in [4.78, 5) is 52.0. The molecule has 382 valence electrons. The molecule has 1 aliphatic rings. The third-order valence-electron chi connectivity index (χ3n) is 12.9. The van der Waals surface area contributed by atoms with Gasteiger partial charge >= 0.3 is 11.9 Å². The maximum Gasteiger partial charge on any atom is 0.328 e. The summed E-state index contributed by atoms with van der Waals surface area (Å²) in [5, 5.41) is 47.2. The van der Waals surface area contributed by atoms with Crippen molar-refractivity contribution in [2.24, 2.45) is 0 Å². The van der Waals surface area contributed by atoms with E-state index in [9.17, 15) is 39.6 Å². The fourth-order valence-corrected chi connectivity index (χ4v) is 8.73. The first kappa shape index (κ1) is 60.7.